The van der Waals surface area contributed by atoms with E-state index in [9.17, 15) is 0 Å². The fourth-order valence-electron chi connectivity index (χ4n) is 3.04. The molecule has 8 heteroatoms. The Labute approximate surface area is 163 Å². The fourth-order valence-corrected chi connectivity index (χ4v) is 3.21. The normalized spacial score (nSPS) is 14.3. The van der Waals surface area contributed by atoms with Crippen molar-refractivity contribution in [2.24, 2.45) is 0 Å². The minimum absolute atomic E-state index is 0.562. The molecule has 1 aliphatic rings. The molecule has 0 atom stereocenters. The lowest BCUT2D eigenvalue weighted by Gasteiger charge is -2.35. The van der Waals surface area contributed by atoms with Crippen molar-refractivity contribution in [1.82, 2.24) is 19.9 Å². The van der Waals surface area contributed by atoms with Gasteiger partial charge in [-0.25, -0.2) is 15.0 Å². The maximum absolute atomic E-state index is 6.19. The maximum Gasteiger partial charge on any atom is 0.229 e. The highest BCUT2D eigenvalue weighted by atomic mass is 35.5. The number of halogens is 1. The van der Waals surface area contributed by atoms with Gasteiger partial charge in [-0.15, -0.1) is 0 Å². The zero-order valence-corrected chi connectivity index (χ0v) is 15.8. The quantitative estimate of drug-likeness (QED) is 0.743. The Balaban J connectivity index is 1.45. The van der Waals surface area contributed by atoms with Crippen molar-refractivity contribution in [3.63, 3.8) is 0 Å². The van der Waals surface area contributed by atoms with E-state index in [4.69, 9.17) is 11.6 Å². The third-order valence-electron chi connectivity index (χ3n) is 4.59. The molecule has 1 fully saturated rings. The van der Waals surface area contributed by atoms with E-state index in [1.807, 2.05) is 37.3 Å². The number of hydrogen-bond donors (Lipinski definition) is 1. The highest BCUT2D eigenvalue weighted by Gasteiger charge is 2.20. The minimum Gasteiger partial charge on any atom is -0.353 e. The summed E-state index contributed by atoms with van der Waals surface area (Å²) in [6, 6.07) is 9.51. The highest BCUT2D eigenvalue weighted by molar-refractivity contribution is 6.31. The molecule has 7 nitrogen and oxygen atoms in total. The number of anilines is 4. The lowest BCUT2D eigenvalue weighted by atomic mass is 10.2. The number of nitrogens with zero attached hydrogens (tertiary/aromatic N) is 6. The third-order valence-corrected chi connectivity index (χ3v) is 5.00. The molecular formula is C19H20ClN7. The Bertz CT molecular complexity index is 911. The summed E-state index contributed by atoms with van der Waals surface area (Å²) in [5, 5.41) is 3.98. The van der Waals surface area contributed by atoms with Gasteiger partial charge in [-0.2, -0.15) is 4.98 Å². The summed E-state index contributed by atoms with van der Waals surface area (Å²) in [5.74, 6) is 2.24. The summed E-state index contributed by atoms with van der Waals surface area (Å²) >= 11 is 6.19. The number of aromatic nitrogens is 4. The summed E-state index contributed by atoms with van der Waals surface area (Å²) in [6.45, 7) is 5.38. The van der Waals surface area contributed by atoms with Crippen molar-refractivity contribution in [3.8, 4) is 0 Å². The van der Waals surface area contributed by atoms with E-state index in [0.717, 1.165) is 54.2 Å². The third kappa shape index (κ3) is 3.93. The van der Waals surface area contributed by atoms with E-state index in [-0.39, 0.29) is 0 Å². The van der Waals surface area contributed by atoms with Gasteiger partial charge in [0.25, 0.3) is 0 Å². The molecule has 0 bridgehead atoms. The Morgan fingerprint density at radius 1 is 0.889 bits per heavy atom. The van der Waals surface area contributed by atoms with Crippen LogP contribution >= 0.6 is 11.6 Å². The number of rotatable bonds is 4. The molecule has 3 aromatic rings. The molecular weight excluding hydrogens is 362 g/mol. The van der Waals surface area contributed by atoms with Crippen LogP contribution < -0.4 is 15.1 Å². The van der Waals surface area contributed by atoms with Gasteiger partial charge in [-0.3, -0.25) is 0 Å². The standard InChI is InChI=1S/C19H20ClN7/c1-14-15(20)4-2-5-16(14)24-18-21-9-6-17(25-18)26-10-12-27(13-11-26)19-22-7-3-8-23-19/h2-9H,10-13H2,1H3,(H,21,24,25). The second kappa shape index (κ2) is 7.75. The summed E-state index contributed by atoms with van der Waals surface area (Å²) in [6.07, 6.45) is 5.32. The summed E-state index contributed by atoms with van der Waals surface area (Å²) < 4.78 is 0. The fraction of sp³-hybridized carbons (Fsp3) is 0.263. The number of hydrogen-bond acceptors (Lipinski definition) is 7. The van der Waals surface area contributed by atoms with Gasteiger partial charge in [-0.1, -0.05) is 17.7 Å². The van der Waals surface area contributed by atoms with Crippen LogP contribution in [0.15, 0.2) is 48.9 Å². The molecule has 0 spiro atoms. The van der Waals surface area contributed by atoms with Crippen LogP contribution in [0.2, 0.25) is 5.02 Å². The molecule has 0 amide bonds. The second-order valence-corrected chi connectivity index (χ2v) is 6.71. The van der Waals surface area contributed by atoms with Crippen molar-refractivity contribution in [1.29, 1.82) is 0 Å². The molecule has 138 valence electrons. The van der Waals surface area contributed by atoms with Crippen molar-refractivity contribution in [2.75, 3.05) is 41.3 Å². The predicted octanol–water partition coefficient (Wildman–Crippen LogP) is 3.30. The topological polar surface area (TPSA) is 70.1 Å². The molecule has 0 aliphatic carbocycles. The molecule has 1 N–H and O–H groups in total. The van der Waals surface area contributed by atoms with Crippen LogP contribution in [0.1, 0.15) is 5.56 Å². The second-order valence-electron chi connectivity index (χ2n) is 6.30. The molecule has 2 aromatic heterocycles. The molecule has 0 radical (unpaired) electrons. The Hall–Kier alpha value is -2.93. The van der Waals surface area contributed by atoms with E-state index in [1.54, 1.807) is 18.6 Å². The zero-order valence-electron chi connectivity index (χ0n) is 15.0. The number of piperazine rings is 1. The first-order valence-electron chi connectivity index (χ1n) is 8.83. The Morgan fingerprint density at radius 3 is 2.41 bits per heavy atom. The van der Waals surface area contributed by atoms with Gasteiger partial charge >= 0.3 is 0 Å². The van der Waals surface area contributed by atoms with Crippen LogP contribution in [0, 0.1) is 6.92 Å². The predicted molar refractivity (Wildman–Crippen MR) is 108 cm³/mol. The zero-order chi connectivity index (χ0) is 18.6. The van der Waals surface area contributed by atoms with E-state index < -0.39 is 0 Å². The number of benzene rings is 1. The molecule has 3 heterocycles. The van der Waals surface area contributed by atoms with Crippen molar-refractivity contribution < 1.29 is 0 Å². The van der Waals surface area contributed by atoms with Crippen molar-refractivity contribution in [3.05, 3.63) is 59.5 Å². The van der Waals surface area contributed by atoms with Gasteiger partial charge < -0.3 is 15.1 Å². The van der Waals surface area contributed by atoms with E-state index in [1.165, 1.54) is 0 Å². The van der Waals surface area contributed by atoms with Gasteiger partial charge in [0.1, 0.15) is 5.82 Å². The molecule has 0 saturated carbocycles. The maximum atomic E-state index is 6.19. The van der Waals surface area contributed by atoms with Crippen LogP contribution in [-0.4, -0.2) is 46.1 Å². The first-order chi connectivity index (χ1) is 13.2. The monoisotopic (exact) mass is 381 g/mol. The first-order valence-corrected chi connectivity index (χ1v) is 9.20. The van der Waals surface area contributed by atoms with Gasteiger partial charge in [-0.05, 0) is 36.8 Å². The van der Waals surface area contributed by atoms with Crippen molar-refractivity contribution in [2.45, 2.75) is 6.92 Å². The van der Waals surface area contributed by atoms with Crippen LogP contribution in [0.25, 0.3) is 0 Å². The van der Waals surface area contributed by atoms with E-state index in [0.29, 0.717) is 5.95 Å². The largest absolute Gasteiger partial charge is 0.353 e. The van der Waals surface area contributed by atoms with E-state index in [2.05, 4.69) is 35.1 Å². The average Bonchev–Trinajstić information content (AvgIpc) is 2.72. The molecule has 4 rings (SSSR count). The smallest absolute Gasteiger partial charge is 0.229 e. The van der Waals surface area contributed by atoms with Gasteiger partial charge in [0.05, 0.1) is 0 Å². The summed E-state index contributed by atoms with van der Waals surface area (Å²) in [4.78, 5) is 22.1. The van der Waals surface area contributed by atoms with Crippen LogP contribution in [0.5, 0.6) is 0 Å². The Morgan fingerprint density at radius 2 is 1.63 bits per heavy atom. The summed E-state index contributed by atoms with van der Waals surface area (Å²) in [5.41, 5.74) is 1.88. The van der Waals surface area contributed by atoms with E-state index >= 15 is 0 Å². The Kier molecular flexibility index (Phi) is 5.02. The molecule has 1 saturated heterocycles. The summed E-state index contributed by atoms with van der Waals surface area (Å²) in [7, 11) is 0. The van der Waals surface area contributed by atoms with Gasteiger partial charge in [0.15, 0.2) is 0 Å². The molecule has 1 aromatic carbocycles. The lowest BCUT2D eigenvalue weighted by Crippen LogP contribution is -2.47. The van der Waals surface area contributed by atoms with Crippen LogP contribution in [-0.2, 0) is 0 Å². The number of nitrogens with one attached hydrogen (secondary N) is 1. The minimum atomic E-state index is 0.562. The van der Waals surface area contributed by atoms with Gasteiger partial charge in [0, 0.05) is 55.5 Å². The van der Waals surface area contributed by atoms with Crippen LogP contribution in [0.3, 0.4) is 0 Å². The average molecular weight is 382 g/mol. The molecule has 0 unspecified atom stereocenters. The van der Waals surface area contributed by atoms with Crippen molar-refractivity contribution >= 4 is 35.0 Å². The highest BCUT2D eigenvalue weighted by Crippen LogP contribution is 2.25. The molecule has 1 aliphatic heterocycles. The van der Waals surface area contributed by atoms with Gasteiger partial charge in [0.2, 0.25) is 11.9 Å². The SMILES string of the molecule is Cc1c(Cl)cccc1Nc1nccc(N2CCN(c3ncccn3)CC2)n1. The molecule has 27 heavy (non-hydrogen) atoms. The first kappa shape index (κ1) is 17.5. The van der Waals surface area contributed by atoms with Crippen LogP contribution in [0.4, 0.5) is 23.4 Å². The lowest BCUT2D eigenvalue weighted by molar-refractivity contribution is 0.634.